The Morgan fingerprint density at radius 3 is 2.75 bits per heavy atom. The summed E-state index contributed by atoms with van der Waals surface area (Å²) in [6, 6.07) is 13.9. The molecule has 0 radical (unpaired) electrons. The number of carboxylic acids is 1. The van der Waals surface area contributed by atoms with Crippen LogP contribution in [0.2, 0.25) is 0 Å². The summed E-state index contributed by atoms with van der Waals surface area (Å²) in [4.78, 5) is 10.7. The van der Waals surface area contributed by atoms with E-state index in [0.29, 0.717) is 6.42 Å². The summed E-state index contributed by atoms with van der Waals surface area (Å²) >= 11 is 3.44. The number of carboxylic acid groups (broad SMARTS) is 1. The Hall–Kier alpha value is -1.81. The first kappa shape index (κ1) is 14.6. The number of anilines is 2. The Bertz CT molecular complexity index is 626. The average Bonchev–Trinajstić information content (AvgIpc) is 2.39. The molecule has 0 fully saturated rings. The standard InChI is InChI=1S/C16H16BrNO2/c1-11-5-7-15(12(9-11)6-8-16(19)20)18-14-4-2-3-13(17)10-14/h2-5,7,9-10,18H,6,8H2,1H3,(H,19,20). The van der Waals surface area contributed by atoms with Gasteiger partial charge in [-0.3, -0.25) is 4.79 Å². The highest BCUT2D eigenvalue weighted by Gasteiger charge is 2.06. The van der Waals surface area contributed by atoms with Crippen LogP contribution >= 0.6 is 15.9 Å². The SMILES string of the molecule is Cc1ccc(Nc2cccc(Br)c2)c(CCC(=O)O)c1. The largest absolute Gasteiger partial charge is 0.481 e. The first-order chi connectivity index (χ1) is 9.54. The molecule has 4 heteroatoms. The van der Waals surface area contributed by atoms with Gasteiger partial charge in [0.05, 0.1) is 0 Å². The Balaban J connectivity index is 2.24. The van der Waals surface area contributed by atoms with E-state index in [1.165, 1.54) is 0 Å². The van der Waals surface area contributed by atoms with E-state index in [2.05, 4.69) is 21.2 Å². The molecule has 0 saturated carbocycles. The van der Waals surface area contributed by atoms with Gasteiger partial charge in [-0.25, -0.2) is 0 Å². The van der Waals surface area contributed by atoms with E-state index >= 15 is 0 Å². The van der Waals surface area contributed by atoms with Gasteiger partial charge in [0.15, 0.2) is 0 Å². The predicted molar refractivity (Wildman–Crippen MR) is 84.6 cm³/mol. The van der Waals surface area contributed by atoms with Crippen molar-refractivity contribution in [2.24, 2.45) is 0 Å². The van der Waals surface area contributed by atoms with Crippen molar-refractivity contribution >= 4 is 33.3 Å². The van der Waals surface area contributed by atoms with Crippen molar-refractivity contribution in [3.63, 3.8) is 0 Å². The lowest BCUT2D eigenvalue weighted by molar-refractivity contribution is -0.136. The Labute approximate surface area is 126 Å². The number of aryl methyl sites for hydroxylation is 2. The fraction of sp³-hybridized carbons (Fsp3) is 0.188. The highest BCUT2D eigenvalue weighted by Crippen LogP contribution is 2.25. The Morgan fingerprint density at radius 2 is 2.05 bits per heavy atom. The van der Waals surface area contributed by atoms with E-state index in [1.54, 1.807) is 0 Å². The molecule has 0 unspecified atom stereocenters. The van der Waals surface area contributed by atoms with Gasteiger partial charge in [0.1, 0.15) is 0 Å². The maximum absolute atomic E-state index is 10.7. The zero-order valence-corrected chi connectivity index (χ0v) is 12.8. The molecular weight excluding hydrogens is 318 g/mol. The number of aliphatic carboxylic acids is 1. The maximum Gasteiger partial charge on any atom is 0.303 e. The second kappa shape index (κ2) is 6.57. The molecule has 0 aliphatic carbocycles. The predicted octanol–water partition coefficient (Wildman–Crippen LogP) is 4.52. The molecule has 0 atom stereocenters. The second-order valence-electron chi connectivity index (χ2n) is 4.69. The molecule has 0 aromatic heterocycles. The minimum Gasteiger partial charge on any atom is -0.481 e. The van der Waals surface area contributed by atoms with Gasteiger partial charge >= 0.3 is 5.97 Å². The van der Waals surface area contributed by atoms with Crippen LogP contribution in [0.3, 0.4) is 0 Å². The van der Waals surface area contributed by atoms with E-state index in [1.807, 2.05) is 49.4 Å². The van der Waals surface area contributed by atoms with Crippen molar-refractivity contribution < 1.29 is 9.90 Å². The summed E-state index contributed by atoms with van der Waals surface area (Å²) < 4.78 is 1.00. The van der Waals surface area contributed by atoms with Gasteiger partial charge in [-0.05, 0) is 43.2 Å². The number of benzene rings is 2. The molecule has 0 spiro atoms. The van der Waals surface area contributed by atoms with Crippen LogP contribution in [0.4, 0.5) is 11.4 Å². The van der Waals surface area contributed by atoms with E-state index in [4.69, 9.17) is 5.11 Å². The van der Waals surface area contributed by atoms with Crippen molar-refractivity contribution in [3.8, 4) is 0 Å². The number of halogens is 1. The lowest BCUT2D eigenvalue weighted by Gasteiger charge is -2.13. The van der Waals surface area contributed by atoms with Gasteiger partial charge < -0.3 is 10.4 Å². The number of carbonyl (C=O) groups is 1. The lowest BCUT2D eigenvalue weighted by atomic mass is 10.0. The topological polar surface area (TPSA) is 49.3 Å². The van der Waals surface area contributed by atoms with Crippen LogP contribution in [0, 0.1) is 6.92 Å². The van der Waals surface area contributed by atoms with Gasteiger partial charge in [0, 0.05) is 22.3 Å². The molecule has 104 valence electrons. The summed E-state index contributed by atoms with van der Waals surface area (Å²) in [5.41, 5.74) is 4.08. The third-order valence-electron chi connectivity index (χ3n) is 2.97. The van der Waals surface area contributed by atoms with Crippen molar-refractivity contribution in [1.82, 2.24) is 0 Å². The molecule has 0 amide bonds. The first-order valence-electron chi connectivity index (χ1n) is 6.38. The third kappa shape index (κ3) is 4.10. The molecule has 3 nitrogen and oxygen atoms in total. The zero-order valence-electron chi connectivity index (χ0n) is 11.2. The van der Waals surface area contributed by atoms with E-state index in [-0.39, 0.29) is 6.42 Å². The average molecular weight is 334 g/mol. The highest BCUT2D eigenvalue weighted by atomic mass is 79.9. The Morgan fingerprint density at radius 1 is 1.25 bits per heavy atom. The molecule has 0 heterocycles. The van der Waals surface area contributed by atoms with Crippen LogP contribution in [0.25, 0.3) is 0 Å². The van der Waals surface area contributed by atoms with Gasteiger partial charge in [-0.1, -0.05) is 39.7 Å². The molecule has 2 aromatic carbocycles. The van der Waals surface area contributed by atoms with E-state index < -0.39 is 5.97 Å². The Kier molecular flexibility index (Phi) is 4.79. The second-order valence-corrected chi connectivity index (χ2v) is 5.61. The molecular formula is C16H16BrNO2. The summed E-state index contributed by atoms with van der Waals surface area (Å²) in [6.45, 7) is 2.01. The number of hydrogen-bond acceptors (Lipinski definition) is 2. The van der Waals surface area contributed by atoms with Crippen molar-refractivity contribution in [3.05, 3.63) is 58.1 Å². The highest BCUT2D eigenvalue weighted by molar-refractivity contribution is 9.10. The molecule has 2 N–H and O–H groups in total. The molecule has 0 saturated heterocycles. The normalized spacial score (nSPS) is 10.3. The molecule has 20 heavy (non-hydrogen) atoms. The van der Waals surface area contributed by atoms with Crippen LogP contribution in [-0.2, 0) is 11.2 Å². The van der Waals surface area contributed by atoms with Gasteiger partial charge in [-0.2, -0.15) is 0 Å². The van der Waals surface area contributed by atoms with Crippen LogP contribution in [0.5, 0.6) is 0 Å². The van der Waals surface area contributed by atoms with Crippen LogP contribution in [0.15, 0.2) is 46.9 Å². The molecule has 0 aliphatic heterocycles. The van der Waals surface area contributed by atoms with Crippen molar-refractivity contribution in [2.75, 3.05) is 5.32 Å². The quantitative estimate of drug-likeness (QED) is 0.845. The van der Waals surface area contributed by atoms with Crippen molar-refractivity contribution in [2.45, 2.75) is 19.8 Å². The van der Waals surface area contributed by atoms with Crippen LogP contribution in [-0.4, -0.2) is 11.1 Å². The van der Waals surface area contributed by atoms with Crippen molar-refractivity contribution in [1.29, 1.82) is 0 Å². The number of nitrogens with one attached hydrogen (secondary N) is 1. The molecule has 0 bridgehead atoms. The summed E-state index contributed by atoms with van der Waals surface area (Å²) in [5.74, 6) is -0.778. The van der Waals surface area contributed by atoms with E-state index in [9.17, 15) is 4.79 Å². The third-order valence-corrected chi connectivity index (χ3v) is 3.47. The monoisotopic (exact) mass is 333 g/mol. The van der Waals surface area contributed by atoms with E-state index in [0.717, 1.165) is 27.0 Å². The molecule has 2 rings (SSSR count). The fourth-order valence-corrected chi connectivity index (χ4v) is 2.41. The summed E-state index contributed by atoms with van der Waals surface area (Å²) in [5, 5.41) is 12.2. The van der Waals surface area contributed by atoms with Gasteiger partial charge in [-0.15, -0.1) is 0 Å². The first-order valence-corrected chi connectivity index (χ1v) is 7.18. The fourth-order valence-electron chi connectivity index (χ4n) is 2.01. The van der Waals surface area contributed by atoms with Gasteiger partial charge in [0.2, 0.25) is 0 Å². The zero-order chi connectivity index (χ0) is 14.5. The smallest absolute Gasteiger partial charge is 0.303 e. The number of hydrogen-bond donors (Lipinski definition) is 2. The minimum atomic E-state index is -0.778. The summed E-state index contributed by atoms with van der Waals surface area (Å²) in [7, 11) is 0. The summed E-state index contributed by atoms with van der Waals surface area (Å²) in [6.07, 6.45) is 0.657. The maximum atomic E-state index is 10.7. The molecule has 0 aliphatic rings. The van der Waals surface area contributed by atoms with Crippen LogP contribution < -0.4 is 5.32 Å². The minimum absolute atomic E-state index is 0.136. The lowest BCUT2D eigenvalue weighted by Crippen LogP contribution is -2.01. The van der Waals surface area contributed by atoms with Crippen LogP contribution in [0.1, 0.15) is 17.5 Å². The number of rotatable bonds is 5. The molecule has 2 aromatic rings. The van der Waals surface area contributed by atoms with Gasteiger partial charge in [0.25, 0.3) is 0 Å².